The van der Waals surface area contributed by atoms with Crippen LogP contribution in [0.3, 0.4) is 0 Å². The first-order chi connectivity index (χ1) is 6.81. The van der Waals surface area contributed by atoms with Gasteiger partial charge in [-0.1, -0.05) is 78.0 Å². The molecule has 1 aromatic carbocycles. The molecule has 0 heterocycles. The van der Waals surface area contributed by atoms with Gasteiger partial charge in [0.2, 0.25) is 0 Å². The minimum absolute atomic E-state index is 1.17. The third-order valence-corrected chi connectivity index (χ3v) is 2.49. The lowest BCUT2D eigenvalue weighted by Crippen LogP contribution is -1.73. The van der Waals surface area contributed by atoms with Gasteiger partial charge in [-0.25, -0.2) is 0 Å². The van der Waals surface area contributed by atoms with Gasteiger partial charge in [0.1, 0.15) is 0 Å². The fourth-order valence-corrected chi connectivity index (χ4v) is 1.45. The predicted molar refractivity (Wildman–Crippen MR) is 69.1 cm³/mol. The lowest BCUT2D eigenvalue weighted by Gasteiger charge is -1.89. The van der Waals surface area contributed by atoms with Crippen LogP contribution >= 0.6 is 15.9 Å². The zero-order valence-corrected chi connectivity index (χ0v) is 10.9. The van der Waals surface area contributed by atoms with Crippen LogP contribution in [0.2, 0.25) is 0 Å². The zero-order valence-electron chi connectivity index (χ0n) is 9.30. The number of hydrogen-bond acceptors (Lipinski definition) is 0. The van der Waals surface area contributed by atoms with Gasteiger partial charge < -0.3 is 0 Å². The summed E-state index contributed by atoms with van der Waals surface area (Å²) in [4.78, 5) is 0. The Kier molecular flexibility index (Phi) is 10.5. The van der Waals surface area contributed by atoms with Gasteiger partial charge in [0.25, 0.3) is 0 Å². The maximum absolute atomic E-state index is 3.38. The Morgan fingerprint density at radius 2 is 1.64 bits per heavy atom. The Morgan fingerprint density at radius 3 is 2.00 bits per heavy atom. The summed E-state index contributed by atoms with van der Waals surface area (Å²) < 4.78 is 0. The Morgan fingerprint density at radius 1 is 1.00 bits per heavy atom. The Labute approximate surface area is 96.9 Å². The van der Waals surface area contributed by atoms with Crippen molar-refractivity contribution < 1.29 is 0 Å². The fourth-order valence-electron chi connectivity index (χ4n) is 1.06. The van der Waals surface area contributed by atoms with Gasteiger partial charge in [-0.05, 0) is 13.3 Å². The number of rotatable bonds is 4. The molecule has 1 rings (SSSR count). The molecule has 0 aliphatic carbocycles. The number of alkyl halides is 1. The van der Waals surface area contributed by atoms with Gasteiger partial charge >= 0.3 is 0 Å². The van der Waals surface area contributed by atoms with Crippen LogP contribution in [-0.2, 0) is 0 Å². The van der Waals surface area contributed by atoms with Gasteiger partial charge in [0.15, 0.2) is 0 Å². The van der Waals surface area contributed by atoms with Gasteiger partial charge in [-0.15, -0.1) is 0 Å². The second-order valence-corrected chi connectivity index (χ2v) is 4.20. The molecule has 0 bridgehead atoms. The highest BCUT2D eigenvalue weighted by Crippen LogP contribution is 1.99. The molecule has 0 aromatic heterocycles. The normalized spacial score (nSPS) is 9.07. The van der Waals surface area contributed by atoms with Gasteiger partial charge in [0, 0.05) is 5.33 Å². The summed E-state index contributed by atoms with van der Waals surface area (Å²) in [5.41, 5.74) is 1.32. The molecule has 0 amide bonds. The lowest BCUT2D eigenvalue weighted by atomic mass is 10.2. The van der Waals surface area contributed by atoms with Crippen molar-refractivity contribution in [1.29, 1.82) is 0 Å². The predicted octanol–water partition coefficient (Wildman–Crippen LogP) is 4.96. The molecule has 0 N–H and O–H groups in total. The minimum atomic E-state index is 1.17. The van der Waals surface area contributed by atoms with E-state index in [1.807, 2.05) is 18.2 Å². The standard InChI is InChI=1S/C7H8.C6H13Br/c1-7-5-3-2-4-6-7;1-2-3-4-5-6-7/h2-6H,1H3;2-6H2,1H3. The Bertz CT molecular complexity index is 190. The molecule has 0 unspecified atom stereocenters. The molecule has 0 nitrogen and oxygen atoms in total. The average Bonchev–Trinajstić information content (AvgIpc) is 2.21. The zero-order chi connectivity index (χ0) is 10.6. The molecule has 1 aromatic rings. The third kappa shape index (κ3) is 9.79. The summed E-state index contributed by atoms with van der Waals surface area (Å²) in [7, 11) is 0. The van der Waals surface area contributed by atoms with Gasteiger partial charge in [-0.2, -0.15) is 0 Å². The molecule has 0 aliphatic rings. The minimum Gasteiger partial charge on any atom is -0.0928 e. The van der Waals surface area contributed by atoms with E-state index in [-0.39, 0.29) is 0 Å². The maximum atomic E-state index is 3.38. The third-order valence-electron chi connectivity index (χ3n) is 1.93. The van der Waals surface area contributed by atoms with Crippen LogP contribution in [0.15, 0.2) is 30.3 Å². The molecule has 0 aliphatic heterocycles. The topological polar surface area (TPSA) is 0 Å². The van der Waals surface area contributed by atoms with Crippen molar-refractivity contribution >= 4 is 15.9 Å². The summed E-state index contributed by atoms with van der Waals surface area (Å²) in [6.45, 7) is 4.31. The number of aryl methyl sites for hydroxylation is 1. The van der Waals surface area contributed by atoms with Crippen LogP contribution in [0.4, 0.5) is 0 Å². The Hall–Kier alpha value is -0.300. The van der Waals surface area contributed by atoms with E-state index in [0.29, 0.717) is 0 Å². The largest absolute Gasteiger partial charge is 0.0928 e. The Balaban J connectivity index is 0.000000241. The van der Waals surface area contributed by atoms with Crippen LogP contribution in [-0.4, -0.2) is 5.33 Å². The molecule has 0 atom stereocenters. The highest BCUT2D eigenvalue weighted by atomic mass is 79.9. The van der Waals surface area contributed by atoms with Gasteiger partial charge in [0.05, 0.1) is 0 Å². The van der Waals surface area contributed by atoms with Crippen LogP contribution in [0.1, 0.15) is 38.2 Å². The molecule has 0 radical (unpaired) electrons. The van der Waals surface area contributed by atoms with Crippen LogP contribution in [0, 0.1) is 6.92 Å². The van der Waals surface area contributed by atoms with Crippen molar-refractivity contribution in [3.63, 3.8) is 0 Å². The number of halogens is 1. The van der Waals surface area contributed by atoms with E-state index in [1.165, 1.54) is 36.6 Å². The summed E-state index contributed by atoms with van der Waals surface area (Å²) in [5, 5.41) is 1.17. The van der Waals surface area contributed by atoms with Crippen molar-refractivity contribution in [3.05, 3.63) is 35.9 Å². The number of hydrogen-bond donors (Lipinski definition) is 0. The number of unbranched alkanes of at least 4 members (excludes halogenated alkanes) is 3. The first kappa shape index (κ1) is 13.7. The average molecular weight is 257 g/mol. The maximum Gasteiger partial charge on any atom is 0.00313 e. The van der Waals surface area contributed by atoms with E-state index in [4.69, 9.17) is 0 Å². The van der Waals surface area contributed by atoms with E-state index in [0.717, 1.165) is 0 Å². The van der Waals surface area contributed by atoms with Gasteiger partial charge in [-0.3, -0.25) is 0 Å². The molecule has 14 heavy (non-hydrogen) atoms. The lowest BCUT2D eigenvalue weighted by molar-refractivity contribution is 0.708. The van der Waals surface area contributed by atoms with Crippen molar-refractivity contribution in [2.45, 2.75) is 39.5 Å². The second-order valence-electron chi connectivity index (χ2n) is 3.40. The van der Waals surface area contributed by atoms with Crippen molar-refractivity contribution in [3.8, 4) is 0 Å². The summed E-state index contributed by atoms with van der Waals surface area (Å²) in [6.07, 6.45) is 5.47. The van der Waals surface area contributed by atoms with E-state index in [2.05, 4.69) is 41.9 Å². The summed E-state index contributed by atoms with van der Waals surface area (Å²) in [5.74, 6) is 0. The fraction of sp³-hybridized carbons (Fsp3) is 0.538. The molecule has 0 spiro atoms. The molecular formula is C13H21Br. The SMILES string of the molecule is CCCCCCBr.Cc1ccccc1. The van der Waals surface area contributed by atoms with Crippen LogP contribution < -0.4 is 0 Å². The molecular weight excluding hydrogens is 236 g/mol. The quantitative estimate of drug-likeness (QED) is 0.528. The van der Waals surface area contributed by atoms with Crippen LogP contribution in [0.25, 0.3) is 0 Å². The molecule has 0 saturated heterocycles. The van der Waals surface area contributed by atoms with Crippen LogP contribution in [0.5, 0.6) is 0 Å². The van der Waals surface area contributed by atoms with E-state index in [1.54, 1.807) is 0 Å². The van der Waals surface area contributed by atoms with E-state index >= 15 is 0 Å². The first-order valence-corrected chi connectivity index (χ1v) is 6.51. The van der Waals surface area contributed by atoms with Crippen molar-refractivity contribution in [2.75, 3.05) is 5.33 Å². The number of benzene rings is 1. The molecule has 80 valence electrons. The van der Waals surface area contributed by atoms with E-state index < -0.39 is 0 Å². The monoisotopic (exact) mass is 256 g/mol. The highest BCUT2D eigenvalue weighted by molar-refractivity contribution is 9.09. The summed E-state index contributed by atoms with van der Waals surface area (Å²) in [6, 6.07) is 10.3. The molecule has 1 heteroatoms. The highest BCUT2D eigenvalue weighted by Gasteiger charge is 1.81. The smallest absolute Gasteiger partial charge is 0.00313 e. The van der Waals surface area contributed by atoms with Crippen molar-refractivity contribution in [1.82, 2.24) is 0 Å². The molecule has 0 fully saturated rings. The molecule has 0 saturated carbocycles. The van der Waals surface area contributed by atoms with E-state index in [9.17, 15) is 0 Å². The first-order valence-electron chi connectivity index (χ1n) is 5.39. The second kappa shape index (κ2) is 10.8. The summed E-state index contributed by atoms with van der Waals surface area (Å²) >= 11 is 3.38. The van der Waals surface area contributed by atoms with Crippen molar-refractivity contribution in [2.24, 2.45) is 0 Å².